The molecule has 0 saturated heterocycles. The molecule has 2 nitrogen and oxygen atoms in total. The molecule has 0 radical (unpaired) electrons. The number of nitrogens with zero attached hydrogens (tertiary/aromatic N) is 2. The van der Waals surface area contributed by atoms with E-state index in [2.05, 4.69) is 37.5 Å². The molecule has 1 heterocycles. The molecule has 1 aromatic rings. The van der Waals surface area contributed by atoms with Gasteiger partial charge in [0.2, 0.25) is 0 Å². The van der Waals surface area contributed by atoms with Crippen LogP contribution in [0.1, 0.15) is 36.7 Å². The summed E-state index contributed by atoms with van der Waals surface area (Å²) in [4.78, 5) is 0. The smallest absolute Gasteiger partial charge is 0.0625 e. The van der Waals surface area contributed by atoms with Crippen molar-refractivity contribution in [3.63, 3.8) is 0 Å². The van der Waals surface area contributed by atoms with Crippen molar-refractivity contribution in [3.05, 3.63) is 17.0 Å². The summed E-state index contributed by atoms with van der Waals surface area (Å²) in [6.45, 7) is 9.63. The third kappa shape index (κ3) is 1.68. The van der Waals surface area contributed by atoms with E-state index in [1.807, 2.05) is 0 Å². The summed E-state index contributed by atoms with van der Waals surface area (Å²) in [5.74, 6) is 0. The second-order valence-electron chi connectivity index (χ2n) is 3.37. The molecule has 0 bridgehead atoms. The molecule has 0 aliphatic heterocycles. The molecule has 0 amide bonds. The zero-order chi connectivity index (χ0) is 9.14. The van der Waals surface area contributed by atoms with E-state index in [-0.39, 0.29) is 0 Å². The van der Waals surface area contributed by atoms with Gasteiger partial charge in [-0.3, -0.25) is 4.68 Å². The third-order valence-corrected chi connectivity index (χ3v) is 2.47. The van der Waals surface area contributed by atoms with Gasteiger partial charge in [0.05, 0.1) is 5.69 Å². The molecule has 0 spiro atoms. The van der Waals surface area contributed by atoms with Crippen LogP contribution in [0.15, 0.2) is 0 Å². The molecule has 68 valence electrons. The van der Waals surface area contributed by atoms with Gasteiger partial charge in [0.25, 0.3) is 0 Å². The summed E-state index contributed by atoms with van der Waals surface area (Å²) in [6, 6.07) is 0. The van der Waals surface area contributed by atoms with Crippen molar-refractivity contribution in [2.75, 3.05) is 0 Å². The van der Waals surface area contributed by atoms with Gasteiger partial charge in [-0.2, -0.15) is 5.10 Å². The van der Waals surface area contributed by atoms with Crippen molar-refractivity contribution in [2.24, 2.45) is 0 Å². The Morgan fingerprint density at radius 2 is 1.92 bits per heavy atom. The number of unbranched alkanes of at least 4 members (excludes halogenated alkanes) is 1. The second kappa shape index (κ2) is 3.74. The molecule has 0 aromatic carbocycles. The Labute approximate surface area is 74.6 Å². The standard InChI is InChI=1S/C10H18N2/c1-5-6-7-12-10(4)8(2)9(3)11-12/h5-7H2,1-4H3. The summed E-state index contributed by atoms with van der Waals surface area (Å²) in [5, 5.41) is 4.46. The summed E-state index contributed by atoms with van der Waals surface area (Å²) < 4.78 is 2.12. The molecule has 1 aromatic heterocycles. The van der Waals surface area contributed by atoms with E-state index in [0.717, 1.165) is 6.54 Å². The highest BCUT2D eigenvalue weighted by Crippen LogP contribution is 2.11. The lowest BCUT2D eigenvalue weighted by Gasteiger charge is -2.01. The quantitative estimate of drug-likeness (QED) is 0.675. The predicted octanol–water partition coefficient (Wildman–Crippen LogP) is 2.61. The average Bonchev–Trinajstić information content (AvgIpc) is 2.30. The van der Waals surface area contributed by atoms with Gasteiger partial charge in [-0.05, 0) is 32.8 Å². The highest BCUT2D eigenvalue weighted by atomic mass is 15.3. The molecule has 12 heavy (non-hydrogen) atoms. The number of hydrogen-bond acceptors (Lipinski definition) is 1. The van der Waals surface area contributed by atoms with E-state index in [9.17, 15) is 0 Å². The molecule has 0 N–H and O–H groups in total. The van der Waals surface area contributed by atoms with Gasteiger partial charge in [-0.15, -0.1) is 0 Å². The number of hydrogen-bond donors (Lipinski definition) is 0. The van der Waals surface area contributed by atoms with Crippen LogP contribution < -0.4 is 0 Å². The molecule has 2 heteroatoms. The van der Waals surface area contributed by atoms with E-state index >= 15 is 0 Å². The zero-order valence-electron chi connectivity index (χ0n) is 8.52. The van der Waals surface area contributed by atoms with Crippen molar-refractivity contribution in [2.45, 2.75) is 47.1 Å². The summed E-state index contributed by atoms with van der Waals surface area (Å²) in [7, 11) is 0. The second-order valence-corrected chi connectivity index (χ2v) is 3.37. The van der Waals surface area contributed by atoms with E-state index < -0.39 is 0 Å². The first-order valence-corrected chi connectivity index (χ1v) is 4.67. The molecular weight excluding hydrogens is 148 g/mol. The van der Waals surface area contributed by atoms with Crippen LogP contribution in [0.4, 0.5) is 0 Å². The lowest BCUT2D eigenvalue weighted by Crippen LogP contribution is -2.02. The fourth-order valence-electron chi connectivity index (χ4n) is 1.31. The van der Waals surface area contributed by atoms with Gasteiger partial charge in [0, 0.05) is 12.2 Å². The van der Waals surface area contributed by atoms with Gasteiger partial charge in [-0.25, -0.2) is 0 Å². The Morgan fingerprint density at radius 3 is 2.33 bits per heavy atom. The van der Waals surface area contributed by atoms with Gasteiger partial charge in [0.15, 0.2) is 0 Å². The van der Waals surface area contributed by atoms with Crippen molar-refractivity contribution in [1.29, 1.82) is 0 Å². The lowest BCUT2D eigenvalue weighted by atomic mass is 10.2. The first-order valence-electron chi connectivity index (χ1n) is 4.67. The predicted molar refractivity (Wildman–Crippen MR) is 51.3 cm³/mol. The SMILES string of the molecule is CCCCn1nc(C)c(C)c1C. The number of aryl methyl sites for hydroxylation is 2. The Balaban J connectivity index is 2.79. The Hall–Kier alpha value is -0.790. The largest absolute Gasteiger partial charge is 0.269 e. The molecular formula is C10H18N2. The monoisotopic (exact) mass is 166 g/mol. The van der Waals surface area contributed by atoms with Crippen LogP contribution in [0.5, 0.6) is 0 Å². The molecule has 0 unspecified atom stereocenters. The molecule has 0 aliphatic carbocycles. The maximum Gasteiger partial charge on any atom is 0.0625 e. The molecule has 0 saturated carbocycles. The van der Waals surface area contributed by atoms with E-state index in [4.69, 9.17) is 0 Å². The minimum Gasteiger partial charge on any atom is -0.269 e. The van der Waals surface area contributed by atoms with Crippen LogP contribution in [0.3, 0.4) is 0 Å². The lowest BCUT2D eigenvalue weighted by molar-refractivity contribution is 0.555. The highest BCUT2D eigenvalue weighted by molar-refractivity contribution is 5.21. The van der Waals surface area contributed by atoms with E-state index in [1.54, 1.807) is 0 Å². The van der Waals surface area contributed by atoms with Crippen LogP contribution in [0, 0.1) is 20.8 Å². The van der Waals surface area contributed by atoms with Crippen LogP contribution in [-0.2, 0) is 6.54 Å². The molecule has 0 fully saturated rings. The fourth-order valence-corrected chi connectivity index (χ4v) is 1.31. The molecule has 0 atom stereocenters. The van der Waals surface area contributed by atoms with Gasteiger partial charge in [-0.1, -0.05) is 13.3 Å². The molecule has 1 rings (SSSR count). The fraction of sp³-hybridized carbons (Fsp3) is 0.700. The number of rotatable bonds is 3. The minimum absolute atomic E-state index is 1.07. The van der Waals surface area contributed by atoms with Gasteiger partial charge >= 0.3 is 0 Å². The van der Waals surface area contributed by atoms with Gasteiger partial charge in [0.1, 0.15) is 0 Å². The maximum absolute atomic E-state index is 4.46. The van der Waals surface area contributed by atoms with Crippen LogP contribution >= 0.6 is 0 Å². The average molecular weight is 166 g/mol. The Bertz CT molecular complexity index is 261. The van der Waals surface area contributed by atoms with Crippen LogP contribution in [0.2, 0.25) is 0 Å². The highest BCUT2D eigenvalue weighted by Gasteiger charge is 2.05. The summed E-state index contributed by atoms with van der Waals surface area (Å²) >= 11 is 0. The van der Waals surface area contributed by atoms with Crippen molar-refractivity contribution in [1.82, 2.24) is 9.78 Å². The van der Waals surface area contributed by atoms with Crippen molar-refractivity contribution >= 4 is 0 Å². The zero-order valence-corrected chi connectivity index (χ0v) is 8.52. The Kier molecular flexibility index (Phi) is 2.90. The number of aromatic nitrogens is 2. The van der Waals surface area contributed by atoms with Crippen LogP contribution in [0.25, 0.3) is 0 Å². The first kappa shape index (κ1) is 9.30. The van der Waals surface area contributed by atoms with E-state index in [0.29, 0.717) is 0 Å². The van der Waals surface area contributed by atoms with E-state index in [1.165, 1.54) is 29.8 Å². The summed E-state index contributed by atoms with van der Waals surface area (Å²) in [5.41, 5.74) is 3.83. The van der Waals surface area contributed by atoms with Gasteiger partial charge < -0.3 is 0 Å². The summed E-state index contributed by atoms with van der Waals surface area (Å²) in [6.07, 6.45) is 2.46. The van der Waals surface area contributed by atoms with Crippen LogP contribution in [-0.4, -0.2) is 9.78 Å². The van der Waals surface area contributed by atoms with Crippen molar-refractivity contribution < 1.29 is 0 Å². The van der Waals surface area contributed by atoms with Crippen molar-refractivity contribution in [3.8, 4) is 0 Å². The topological polar surface area (TPSA) is 17.8 Å². The maximum atomic E-state index is 4.46. The normalized spacial score (nSPS) is 10.7. The molecule has 0 aliphatic rings. The minimum atomic E-state index is 1.07. The Morgan fingerprint density at radius 1 is 1.25 bits per heavy atom. The first-order chi connectivity index (χ1) is 5.66. The third-order valence-electron chi connectivity index (χ3n) is 2.47.